The van der Waals surface area contributed by atoms with Crippen molar-refractivity contribution in [3.63, 3.8) is 0 Å². The van der Waals surface area contributed by atoms with Crippen LogP contribution in [0.25, 0.3) is 0 Å². The Hall–Kier alpha value is -2.49. The molecule has 0 spiro atoms. The molecule has 0 aliphatic carbocycles. The van der Waals surface area contributed by atoms with Crippen molar-refractivity contribution in [1.29, 1.82) is 0 Å². The van der Waals surface area contributed by atoms with Crippen LogP contribution >= 0.6 is 0 Å². The fourth-order valence-electron chi connectivity index (χ4n) is 2.59. The van der Waals surface area contributed by atoms with Gasteiger partial charge >= 0.3 is 0 Å². The van der Waals surface area contributed by atoms with Gasteiger partial charge in [-0.1, -0.05) is 36.4 Å². The fourth-order valence-corrected chi connectivity index (χ4v) is 2.59. The first kappa shape index (κ1) is 15.4. The van der Waals surface area contributed by atoms with Crippen molar-refractivity contribution in [3.8, 4) is 11.5 Å². The molecule has 1 heterocycles. The summed E-state index contributed by atoms with van der Waals surface area (Å²) in [6, 6.07) is 15.6. The van der Waals surface area contributed by atoms with Gasteiger partial charge in [-0.15, -0.1) is 0 Å². The second-order valence-corrected chi connectivity index (χ2v) is 6.15. The lowest BCUT2D eigenvalue weighted by Crippen LogP contribution is -2.39. The van der Waals surface area contributed by atoms with Crippen molar-refractivity contribution < 1.29 is 14.3 Å². The van der Waals surface area contributed by atoms with Crippen LogP contribution in [0.3, 0.4) is 0 Å². The largest absolute Gasteiger partial charge is 0.486 e. The smallest absolute Gasteiger partial charge is 0.230 e. The first-order chi connectivity index (χ1) is 11.1. The number of fused-ring (bicyclic) bond motifs is 1. The molecule has 0 saturated heterocycles. The number of ether oxygens (including phenoxy) is 2. The number of amides is 1. The van der Waals surface area contributed by atoms with E-state index < -0.39 is 5.41 Å². The lowest BCUT2D eigenvalue weighted by Gasteiger charge is -2.24. The first-order valence-electron chi connectivity index (χ1n) is 7.80. The van der Waals surface area contributed by atoms with Gasteiger partial charge in [0.25, 0.3) is 0 Å². The van der Waals surface area contributed by atoms with Gasteiger partial charge < -0.3 is 14.8 Å². The number of hydrogen-bond donors (Lipinski definition) is 1. The zero-order valence-corrected chi connectivity index (χ0v) is 13.5. The summed E-state index contributed by atoms with van der Waals surface area (Å²) >= 11 is 0. The quantitative estimate of drug-likeness (QED) is 0.944. The van der Waals surface area contributed by atoms with E-state index in [-0.39, 0.29) is 5.91 Å². The second kappa shape index (κ2) is 6.32. The number of carbonyl (C=O) groups is 1. The molecule has 23 heavy (non-hydrogen) atoms. The average Bonchev–Trinajstić information content (AvgIpc) is 2.60. The van der Waals surface area contributed by atoms with Gasteiger partial charge in [0, 0.05) is 6.54 Å². The lowest BCUT2D eigenvalue weighted by atomic mass is 9.84. The number of rotatable bonds is 4. The maximum atomic E-state index is 12.6. The normalized spacial score (nSPS) is 13.5. The first-order valence-corrected chi connectivity index (χ1v) is 7.80. The Morgan fingerprint density at radius 1 is 1.04 bits per heavy atom. The molecule has 120 valence electrons. The monoisotopic (exact) mass is 311 g/mol. The van der Waals surface area contributed by atoms with E-state index in [0.717, 1.165) is 22.6 Å². The topological polar surface area (TPSA) is 47.6 Å². The molecule has 4 nitrogen and oxygen atoms in total. The van der Waals surface area contributed by atoms with Crippen molar-refractivity contribution in [2.75, 3.05) is 13.2 Å². The maximum Gasteiger partial charge on any atom is 0.230 e. The Morgan fingerprint density at radius 2 is 1.74 bits per heavy atom. The van der Waals surface area contributed by atoms with E-state index in [2.05, 4.69) is 5.32 Å². The summed E-state index contributed by atoms with van der Waals surface area (Å²) in [5, 5.41) is 3.01. The number of carbonyl (C=O) groups excluding carboxylic acids is 1. The molecule has 0 fully saturated rings. The van der Waals surface area contributed by atoms with Gasteiger partial charge in [0.1, 0.15) is 13.2 Å². The van der Waals surface area contributed by atoms with Gasteiger partial charge in [0.05, 0.1) is 5.41 Å². The summed E-state index contributed by atoms with van der Waals surface area (Å²) in [6.45, 7) is 5.47. The summed E-state index contributed by atoms with van der Waals surface area (Å²) in [7, 11) is 0. The predicted molar refractivity (Wildman–Crippen MR) is 88.7 cm³/mol. The highest BCUT2D eigenvalue weighted by Crippen LogP contribution is 2.31. The lowest BCUT2D eigenvalue weighted by molar-refractivity contribution is -0.125. The molecular formula is C19H21NO3. The molecule has 0 radical (unpaired) electrons. The van der Waals surface area contributed by atoms with E-state index in [1.807, 2.05) is 62.4 Å². The van der Waals surface area contributed by atoms with Gasteiger partial charge in [0.2, 0.25) is 5.91 Å². The highest BCUT2D eigenvalue weighted by atomic mass is 16.6. The zero-order chi connectivity index (χ0) is 16.3. The maximum absolute atomic E-state index is 12.6. The molecule has 3 rings (SSSR count). The average molecular weight is 311 g/mol. The van der Waals surface area contributed by atoms with Crippen LogP contribution in [0, 0.1) is 0 Å². The predicted octanol–water partition coefficient (Wildman–Crippen LogP) is 3.05. The molecule has 1 aliphatic heterocycles. The summed E-state index contributed by atoms with van der Waals surface area (Å²) in [6.07, 6.45) is 0. The van der Waals surface area contributed by atoms with Gasteiger partial charge in [-0.05, 0) is 37.1 Å². The van der Waals surface area contributed by atoms with Crippen LogP contribution in [0.2, 0.25) is 0 Å². The van der Waals surface area contributed by atoms with E-state index in [1.165, 1.54) is 0 Å². The molecule has 1 aliphatic rings. The van der Waals surface area contributed by atoms with Crippen molar-refractivity contribution >= 4 is 5.91 Å². The molecule has 0 atom stereocenters. The van der Waals surface area contributed by atoms with Gasteiger partial charge in [-0.3, -0.25) is 4.79 Å². The van der Waals surface area contributed by atoms with Gasteiger partial charge in [0.15, 0.2) is 11.5 Å². The summed E-state index contributed by atoms with van der Waals surface area (Å²) in [5.74, 6) is 1.50. The third kappa shape index (κ3) is 3.31. The molecular weight excluding hydrogens is 290 g/mol. The molecule has 0 unspecified atom stereocenters. The summed E-state index contributed by atoms with van der Waals surface area (Å²) < 4.78 is 11.1. The third-order valence-corrected chi connectivity index (χ3v) is 4.12. The minimum absolute atomic E-state index is 0.00131. The van der Waals surface area contributed by atoms with Crippen molar-refractivity contribution in [2.45, 2.75) is 25.8 Å². The molecule has 2 aromatic carbocycles. The van der Waals surface area contributed by atoms with Crippen LogP contribution in [0.5, 0.6) is 11.5 Å². The minimum atomic E-state index is -0.574. The second-order valence-electron chi connectivity index (χ2n) is 6.15. The van der Waals surface area contributed by atoms with Crippen molar-refractivity contribution in [3.05, 3.63) is 59.7 Å². The highest BCUT2D eigenvalue weighted by Gasteiger charge is 2.29. The molecule has 4 heteroatoms. The van der Waals surface area contributed by atoms with Gasteiger partial charge in [-0.25, -0.2) is 0 Å². The van der Waals surface area contributed by atoms with Crippen LogP contribution < -0.4 is 14.8 Å². The SMILES string of the molecule is CC(C)(C(=O)NCc1ccc2c(c1)OCCO2)c1ccccc1. The number of benzene rings is 2. The minimum Gasteiger partial charge on any atom is -0.486 e. The van der Waals surface area contributed by atoms with E-state index in [1.54, 1.807) is 0 Å². The Morgan fingerprint density at radius 3 is 2.48 bits per heavy atom. The Kier molecular flexibility index (Phi) is 4.24. The molecule has 0 saturated carbocycles. The molecule has 2 aromatic rings. The zero-order valence-electron chi connectivity index (χ0n) is 13.5. The van der Waals surface area contributed by atoms with E-state index in [0.29, 0.717) is 19.8 Å². The van der Waals surface area contributed by atoms with Crippen LogP contribution in [0.1, 0.15) is 25.0 Å². The Labute approximate surface area is 136 Å². The molecule has 0 aromatic heterocycles. The van der Waals surface area contributed by atoms with E-state index in [4.69, 9.17) is 9.47 Å². The van der Waals surface area contributed by atoms with Crippen LogP contribution in [0.4, 0.5) is 0 Å². The Bertz CT molecular complexity index is 695. The van der Waals surface area contributed by atoms with E-state index in [9.17, 15) is 4.79 Å². The number of nitrogens with one attached hydrogen (secondary N) is 1. The fraction of sp³-hybridized carbons (Fsp3) is 0.316. The van der Waals surface area contributed by atoms with Gasteiger partial charge in [-0.2, -0.15) is 0 Å². The van der Waals surface area contributed by atoms with E-state index >= 15 is 0 Å². The van der Waals surface area contributed by atoms with Crippen LogP contribution in [-0.4, -0.2) is 19.1 Å². The third-order valence-electron chi connectivity index (χ3n) is 4.12. The van der Waals surface area contributed by atoms with Crippen LogP contribution in [-0.2, 0) is 16.8 Å². The Balaban J connectivity index is 1.67. The number of hydrogen-bond acceptors (Lipinski definition) is 3. The van der Waals surface area contributed by atoms with Crippen LogP contribution in [0.15, 0.2) is 48.5 Å². The van der Waals surface area contributed by atoms with Crippen molar-refractivity contribution in [1.82, 2.24) is 5.32 Å². The molecule has 1 amide bonds. The molecule has 1 N–H and O–H groups in total. The van der Waals surface area contributed by atoms with Crippen molar-refractivity contribution in [2.24, 2.45) is 0 Å². The summed E-state index contributed by atoms with van der Waals surface area (Å²) in [5.41, 5.74) is 1.42. The summed E-state index contributed by atoms with van der Waals surface area (Å²) in [4.78, 5) is 12.6. The highest BCUT2D eigenvalue weighted by molar-refractivity contribution is 5.87. The molecule has 0 bridgehead atoms. The standard InChI is InChI=1S/C19H21NO3/c1-19(2,15-6-4-3-5-7-15)18(21)20-13-14-8-9-16-17(12-14)23-11-10-22-16/h3-9,12H,10-11,13H2,1-2H3,(H,20,21).